The normalized spacial score (nSPS) is 12.0. The third-order valence-corrected chi connectivity index (χ3v) is 4.09. The van der Waals surface area contributed by atoms with E-state index in [0.717, 1.165) is 23.4 Å². The van der Waals surface area contributed by atoms with Crippen LogP contribution in [0, 0.1) is 5.82 Å². The maximum absolute atomic E-state index is 13.3. The van der Waals surface area contributed by atoms with Crippen molar-refractivity contribution in [1.29, 1.82) is 0 Å². The molecule has 0 saturated carbocycles. The van der Waals surface area contributed by atoms with E-state index in [1.165, 1.54) is 12.1 Å². The number of aromatic nitrogens is 3. The topological polar surface area (TPSA) is 61.9 Å². The molecule has 1 aromatic carbocycles. The molecule has 0 radical (unpaired) electrons. The maximum Gasteiger partial charge on any atom is 0.272 e. The zero-order chi connectivity index (χ0) is 17.8. The lowest BCUT2D eigenvalue weighted by Gasteiger charge is -2.28. The van der Waals surface area contributed by atoms with Crippen molar-refractivity contribution in [3.63, 3.8) is 0 Å². The second-order valence-corrected chi connectivity index (χ2v) is 5.75. The fourth-order valence-corrected chi connectivity index (χ4v) is 2.78. The summed E-state index contributed by atoms with van der Waals surface area (Å²) in [5.74, 6) is 0.255. The smallest absolute Gasteiger partial charge is 0.272 e. The minimum atomic E-state index is -0.379. The van der Waals surface area contributed by atoms with Gasteiger partial charge in [-0.15, -0.1) is 0 Å². The van der Waals surface area contributed by atoms with E-state index in [1.54, 1.807) is 42.7 Å². The molecule has 5 nitrogen and oxygen atoms in total. The SMILES string of the molecule is CCc1ncc(C(=O)N(C)C(c2ccc(F)cc2)c2cccnc2)[nH]1. The number of aromatic amines is 1. The van der Waals surface area contributed by atoms with Gasteiger partial charge < -0.3 is 9.88 Å². The van der Waals surface area contributed by atoms with Gasteiger partial charge in [-0.1, -0.05) is 25.1 Å². The molecule has 0 aliphatic rings. The second kappa shape index (κ2) is 7.25. The van der Waals surface area contributed by atoms with Crippen molar-refractivity contribution in [3.8, 4) is 0 Å². The molecule has 0 aliphatic carbocycles. The van der Waals surface area contributed by atoms with Crippen LogP contribution >= 0.6 is 0 Å². The van der Waals surface area contributed by atoms with E-state index in [4.69, 9.17) is 0 Å². The number of aryl methyl sites for hydroxylation is 1. The first kappa shape index (κ1) is 16.8. The first-order valence-electron chi connectivity index (χ1n) is 8.06. The molecular weight excluding hydrogens is 319 g/mol. The first-order chi connectivity index (χ1) is 12.1. The zero-order valence-electron chi connectivity index (χ0n) is 14.1. The maximum atomic E-state index is 13.3. The summed E-state index contributed by atoms with van der Waals surface area (Å²) in [5.41, 5.74) is 2.08. The molecule has 1 atom stereocenters. The minimum absolute atomic E-state index is 0.189. The van der Waals surface area contributed by atoms with Crippen LogP contribution < -0.4 is 0 Å². The summed E-state index contributed by atoms with van der Waals surface area (Å²) in [6, 6.07) is 9.48. The number of imidazole rings is 1. The van der Waals surface area contributed by atoms with Crippen LogP contribution in [0.15, 0.2) is 55.0 Å². The zero-order valence-corrected chi connectivity index (χ0v) is 14.1. The molecule has 2 heterocycles. The van der Waals surface area contributed by atoms with Crippen LogP contribution in [0.4, 0.5) is 4.39 Å². The number of H-pyrrole nitrogens is 1. The van der Waals surface area contributed by atoms with Gasteiger partial charge in [0.1, 0.15) is 17.3 Å². The van der Waals surface area contributed by atoms with Crippen molar-refractivity contribution in [3.05, 3.63) is 83.5 Å². The Morgan fingerprint density at radius 3 is 2.56 bits per heavy atom. The standard InChI is InChI=1S/C19H19FN4O/c1-3-17-22-12-16(23-17)19(25)24(2)18(14-5-4-10-21-11-14)13-6-8-15(20)9-7-13/h4-12,18H,3H2,1-2H3,(H,22,23). The molecule has 0 saturated heterocycles. The predicted octanol–water partition coefficient (Wildman–Crippen LogP) is 3.37. The average molecular weight is 338 g/mol. The molecule has 25 heavy (non-hydrogen) atoms. The number of nitrogens with one attached hydrogen (secondary N) is 1. The molecule has 0 bridgehead atoms. The third-order valence-electron chi connectivity index (χ3n) is 4.09. The van der Waals surface area contributed by atoms with E-state index in [2.05, 4.69) is 15.0 Å². The lowest BCUT2D eigenvalue weighted by Crippen LogP contribution is -2.32. The number of hydrogen-bond donors (Lipinski definition) is 1. The molecular formula is C19H19FN4O. The summed E-state index contributed by atoms with van der Waals surface area (Å²) in [6.45, 7) is 1.97. The van der Waals surface area contributed by atoms with Crippen molar-refractivity contribution >= 4 is 5.91 Å². The summed E-state index contributed by atoms with van der Waals surface area (Å²) in [5, 5.41) is 0. The number of benzene rings is 1. The Hall–Kier alpha value is -3.02. The summed E-state index contributed by atoms with van der Waals surface area (Å²) in [6.07, 6.45) is 5.65. The van der Waals surface area contributed by atoms with E-state index >= 15 is 0 Å². The van der Waals surface area contributed by atoms with E-state index in [-0.39, 0.29) is 17.8 Å². The summed E-state index contributed by atoms with van der Waals surface area (Å²) in [7, 11) is 1.72. The lowest BCUT2D eigenvalue weighted by molar-refractivity contribution is 0.0749. The van der Waals surface area contributed by atoms with Crippen molar-refractivity contribution in [2.45, 2.75) is 19.4 Å². The van der Waals surface area contributed by atoms with Gasteiger partial charge in [0.15, 0.2) is 0 Å². The van der Waals surface area contributed by atoms with Gasteiger partial charge in [-0.05, 0) is 29.3 Å². The van der Waals surface area contributed by atoms with Crippen molar-refractivity contribution < 1.29 is 9.18 Å². The molecule has 1 N–H and O–H groups in total. The van der Waals surface area contributed by atoms with E-state index < -0.39 is 0 Å². The summed E-state index contributed by atoms with van der Waals surface area (Å²) in [4.78, 5) is 25.9. The number of carbonyl (C=O) groups excluding carboxylic acids is 1. The first-order valence-corrected chi connectivity index (χ1v) is 8.06. The largest absolute Gasteiger partial charge is 0.338 e. The number of rotatable bonds is 5. The number of carbonyl (C=O) groups is 1. The molecule has 2 aromatic heterocycles. The highest BCUT2D eigenvalue weighted by Crippen LogP contribution is 2.28. The van der Waals surface area contributed by atoms with Gasteiger partial charge in [-0.25, -0.2) is 9.37 Å². The lowest BCUT2D eigenvalue weighted by atomic mass is 9.98. The molecule has 6 heteroatoms. The predicted molar refractivity (Wildman–Crippen MR) is 92.5 cm³/mol. The Labute approximate surface area is 145 Å². The fourth-order valence-electron chi connectivity index (χ4n) is 2.78. The second-order valence-electron chi connectivity index (χ2n) is 5.75. The van der Waals surface area contributed by atoms with Crippen LogP contribution in [0.25, 0.3) is 0 Å². The molecule has 3 aromatic rings. The summed E-state index contributed by atoms with van der Waals surface area (Å²) < 4.78 is 13.3. The molecule has 1 unspecified atom stereocenters. The highest BCUT2D eigenvalue weighted by atomic mass is 19.1. The van der Waals surface area contributed by atoms with Crippen LogP contribution in [0.5, 0.6) is 0 Å². The van der Waals surface area contributed by atoms with E-state index in [9.17, 15) is 9.18 Å². The molecule has 0 aliphatic heterocycles. The van der Waals surface area contributed by atoms with Crippen LogP contribution in [-0.2, 0) is 6.42 Å². The van der Waals surface area contributed by atoms with Crippen LogP contribution in [-0.4, -0.2) is 32.8 Å². The monoisotopic (exact) mass is 338 g/mol. The number of nitrogens with zero attached hydrogens (tertiary/aromatic N) is 3. The van der Waals surface area contributed by atoms with E-state index in [1.807, 2.05) is 19.1 Å². The van der Waals surface area contributed by atoms with Crippen molar-refractivity contribution in [2.75, 3.05) is 7.05 Å². The van der Waals surface area contributed by atoms with Gasteiger partial charge in [0.25, 0.3) is 5.91 Å². The van der Waals surface area contributed by atoms with Crippen molar-refractivity contribution in [2.24, 2.45) is 0 Å². The number of amides is 1. The molecule has 3 rings (SSSR count). The van der Waals surface area contributed by atoms with Crippen molar-refractivity contribution in [1.82, 2.24) is 19.9 Å². The molecule has 1 amide bonds. The molecule has 0 fully saturated rings. The average Bonchev–Trinajstić information content (AvgIpc) is 3.13. The van der Waals surface area contributed by atoms with E-state index in [0.29, 0.717) is 5.69 Å². The Balaban J connectivity index is 1.98. The van der Waals surface area contributed by atoms with Gasteiger partial charge in [-0.2, -0.15) is 0 Å². The van der Waals surface area contributed by atoms with Gasteiger partial charge >= 0.3 is 0 Å². The highest BCUT2D eigenvalue weighted by Gasteiger charge is 2.25. The number of hydrogen-bond acceptors (Lipinski definition) is 3. The van der Waals surface area contributed by atoms with Gasteiger partial charge in [0.2, 0.25) is 0 Å². The van der Waals surface area contributed by atoms with Gasteiger partial charge in [0, 0.05) is 25.9 Å². The Kier molecular flexibility index (Phi) is 4.88. The summed E-state index contributed by atoms with van der Waals surface area (Å²) >= 11 is 0. The van der Waals surface area contributed by atoms with Gasteiger partial charge in [-0.3, -0.25) is 9.78 Å². The Morgan fingerprint density at radius 2 is 1.96 bits per heavy atom. The number of pyridine rings is 1. The third kappa shape index (κ3) is 3.57. The highest BCUT2D eigenvalue weighted by molar-refractivity contribution is 5.92. The molecule has 0 spiro atoms. The Morgan fingerprint density at radius 1 is 1.20 bits per heavy atom. The van der Waals surface area contributed by atoms with Crippen LogP contribution in [0.1, 0.15) is 40.4 Å². The Bertz CT molecular complexity index is 845. The number of halogens is 1. The molecule has 128 valence electrons. The van der Waals surface area contributed by atoms with Gasteiger partial charge in [0.05, 0.1) is 12.2 Å². The fraction of sp³-hybridized carbons (Fsp3) is 0.211. The minimum Gasteiger partial charge on any atom is -0.338 e. The van der Waals surface area contributed by atoms with Crippen LogP contribution in [0.2, 0.25) is 0 Å². The van der Waals surface area contributed by atoms with Crippen LogP contribution in [0.3, 0.4) is 0 Å². The quantitative estimate of drug-likeness (QED) is 0.776.